The second-order valence-electron chi connectivity index (χ2n) is 10.6. The minimum atomic E-state index is -4.37. The van der Waals surface area contributed by atoms with Gasteiger partial charge in [-0.2, -0.15) is 13.2 Å². The molecule has 4 heterocycles. The first-order valence-corrected chi connectivity index (χ1v) is 14.3. The summed E-state index contributed by atoms with van der Waals surface area (Å²) in [4.78, 5) is 24.3. The lowest BCUT2D eigenvalue weighted by Gasteiger charge is -2.41. The average molecular weight is 557 g/mol. The predicted octanol–water partition coefficient (Wildman–Crippen LogP) is 6.23. The van der Waals surface area contributed by atoms with Crippen LogP contribution in [0.25, 0.3) is 0 Å². The number of carbonyl (C=O) groups is 1. The second-order valence-corrected chi connectivity index (χ2v) is 11.6. The lowest BCUT2D eigenvalue weighted by Crippen LogP contribution is -2.48. The zero-order valence-corrected chi connectivity index (χ0v) is 22.4. The van der Waals surface area contributed by atoms with E-state index in [0.29, 0.717) is 23.5 Å². The smallest absolute Gasteiger partial charge is 0.416 e. The third-order valence-electron chi connectivity index (χ3n) is 8.04. The number of thiazole rings is 1. The van der Waals surface area contributed by atoms with Gasteiger partial charge in [-0.1, -0.05) is 35.6 Å². The topological polar surface area (TPSA) is 48.9 Å². The molecule has 2 fully saturated rings. The van der Waals surface area contributed by atoms with E-state index in [1.807, 2.05) is 29.2 Å². The fraction of sp³-hybridized carbons (Fsp3) is 0.448. The van der Waals surface area contributed by atoms with E-state index in [0.717, 1.165) is 80.9 Å². The van der Waals surface area contributed by atoms with Gasteiger partial charge in [0.15, 0.2) is 5.13 Å². The third-order valence-corrected chi connectivity index (χ3v) is 9.09. The van der Waals surface area contributed by atoms with Crippen molar-refractivity contribution in [3.05, 3.63) is 70.7 Å². The van der Waals surface area contributed by atoms with Gasteiger partial charge in [0.2, 0.25) is 0 Å². The number of alkyl halides is 3. The quantitative estimate of drug-likeness (QED) is 0.382. The number of carbonyl (C=O) groups excluding carboxylic acids is 1. The SMILES string of the molecule is O=C(c1cnc(N2CCC3(CC2)CCN(Cc2cccc(C(F)(F)F)c2)c2ccccc2O3)s1)N1CCCC1. The Labute approximate surface area is 230 Å². The summed E-state index contributed by atoms with van der Waals surface area (Å²) >= 11 is 1.46. The predicted molar refractivity (Wildman–Crippen MR) is 146 cm³/mol. The maximum atomic E-state index is 13.3. The first-order valence-electron chi connectivity index (χ1n) is 13.5. The minimum absolute atomic E-state index is 0.0781. The van der Waals surface area contributed by atoms with Crippen molar-refractivity contribution in [2.45, 2.75) is 50.4 Å². The number of aromatic nitrogens is 1. The summed E-state index contributed by atoms with van der Waals surface area (Å²) < 4.78 is 46.6. The van der Waals surface area contributed by atoms with Crippen LogP contribution in [0.3, 0.4) is 0 Å². The monoisotopic (exact) mass is 556 g/mol. The molecule has 0 atom stereocenters. The van der Waals surface area contributed by atoms with Crippen LogP contribution in [-0.2, 0) is 12.7 Å². The van der Waals surface area contributed by atoms with Gasteiger partial charge in [-0.15, -0.1) is 0 Å². The van der Waals surface area contributed by atoms with Gasteiger partial charge in [-0.25, -0.2) is 4.98 Å². The van der Waals surface area contributed by atoms with Gasteiger partial charge in [-0.3, -0.25) is 4.79 Å². The highest BCUT2D eigenvalue weighted by Crippen LogP contribution is 2.42. The van der Waals surface area contributed by atoms with Gasteiger partial charge in [0.1, 0.15) is 16.2 Å². The number of fused-ring (bicyclic) bond motifs is 1. The molecule has 6 nitrogen and oxygen atoms in total. The van der Waals surface area contributed by atoms with E-state index in [9.17, 15) is 18.0 Å². The minimum Gasteiger partial charge on any atom is -0.485 e. The fourth-order valence-corrected chi connectivity index (χ4v) is 6.76. The molecule has 1 spiro atoms. The number of anilines is 2. The Morgan fingerprint density at radius 1 is 0.974 bits per heavy atom. The van der Waals surface area contributed by atoms with Crippen molar-refractivity contribution in [2.24, 2.45) is 0 Å². The number of halogens is 3. The zero-order chi connectivity index (χ0) is 27.0. The highest BCUT2D eigenvalue weighted by atomic mass is 32.1. The summed E-state index contributed by atoms with van der Waals surface area (Å²) in [6.45, 7) is 4.23. The van der Waals surface area contributed by atoms with E-state index in [1.165, 1.54) is 23.5 Å². The Morgan fingerprint density at radius 2 is 1.72 bits per heavy atom. The molecule has 3 aliphatic heterocycles. The van der Waals surface area contributed by atoms with Crippen molar-refractivity contribution < 1.29 is 22.7 Å². The lowest BCUT2D eigenvalue weighted by atomic mass is 9.88. The van der Waals surface area contributed by atoms with E-state index in [-0.39, 0.29) is 11.5 Å². The van der Waals surface area contributed by atoms with Crippen LogP contribution in [-0.4, -0.2) is 54.1 Å². The number of rotatable bonds is 4. The second kappa shape index (κ2) is 10.4. The Morgan fingerprint density at radius 3 is 2.49 bits per heavy atom. The van der Waals surface area contributed by atoms with Crippen LogP contribution in [0.4, 0.5) is 24.0 Å². The summed E-state index contributed by atoms with van der Waals surface area (Å²) in [5, 5.41) is 0.868. The van der Waals surface area contributed by atoms with Crippen LogP contribution in [0.2, 0.25) is 0 Å². The molecule has 0 aliphatic carbocycles. The molecule has 6 rings (SSSR count). The normalized spacial score (nSPS) is 19.1. The summed E-state index contributed by atoms with van der Waals surface area (Å²) in [5.41, 5.74) is 0.531. The van der Waals surface area contributed by atoms with Gasteiger partial charge in [0.25, 0.3) is 5.91 Å². The van der Waals surface area contributed by atoms with Crippen LogP contribution in [0.5, 0.6) is 5.75 Å². The maximum absolute atomic E-state index is 13.3. The number of likely N-dealkylation sites (tertiary alicyclic amines) is 1. The first-order chi connectivity index (χ1) is 18.8. The molecule has 1 aromatic heterocycles. The van der Waals surface area contributed by atoms with Gasteiger partial charge < -0.3 is 19.4 Å². The van der Waals surface area contributed by atoms with Crippen molar-refractivity contribution >= 4 is 28.1 Å². The van der Waals surface area contributed by atoms with E-state index >= 15 is 0 Å². The van der Waals surface area contributed by atoms with Gasteiger partial charge in [0, 0.05) is 58.5 Å². The molecule has 0 N–H and O–H groups in total. The molecule has 1 amide bonds. The molecule has 0 bridgehead atoms. The van der Waals surface area contributed by atoms with Crippen molar-refractivity contribution in [3.8, 4) is 5.75 Å². The largest absolute Gasteiger partial charge is 0.485 e. The number of para-hydroxylation sites is 2. The maximum Gasteiger partial charge on any atom is 0.416 e. The van der Waals surface area contributed by atoms with E-state index in [1.54, 1.807) is 12.3 Å². The zero-order valence-electron chi connectivity index (χ0n) is 21.6. The van der Waals surface area contributed by atoms with Crippen LogP contribution in [0.15, 0.2) is 54.7 Å². The molecule has 206 valence electrons. The van der Waals surface area contributed by atoms with Crippen molar-refractivity contribution in [1.82, 2.24) is 9.88 Å². The summed E-state index contributed by atoms with van der Waals surface area (Å²) in [6.07, 6.45) is 1.83. The van der Waals surface area contributed by atoms with Crippen LogP contribution in [0, 0.1) is 0 Å². The number of hydrogen-bond donors (Lipinski definition) is 0. The van der Waals surface area contributed by atoms with Crippen molar-refractivity contribution in [1.29, 1.82) is 0 Å². The van der Waals surface area contributed by atoms with E-state index in [2.05, 4.69) is 14.8 Å². The van der Waals surface area contributed by atoms with Crippen LogP contribution < -0.4 is 14.5 Å². The molecule has 0 unspecified atom stereocenters. The fourth-order valence-electron chi connectivity index (χ4n) is 5.82. The number of hydrogen-bond acceptors (Lipinski definition) is 6. The van der Waals surface area contributed by atoms with Crippen LogP contribution in [0.1, 0.15) is 52.9 Å². The van der Waals surface area contributed by atoms with E-state index in [4.69, 9.17) is 4.74 Å². The summed E-state index contributed by atoms with van der Waals surface area (Å²) in [7, 11) is 0. The molecule has 3 aromatic rings. The first kappa shape index (κ1) is 26.0. The third kappa shape index (κ3) is 5.44. The number of benzene rings is 2. The Balaban J connectivity index is 1.15. The molecule has 2 saturated heterocycles. The molecular weight excluding hydrogens is 525 g/mol. The van der Waals surface area contributed by atoms with Gasteiger partial charge in [0.05, 0.1) is 17.4 Å². The number of ether oxygens (including phenoxy) is 1. The molecule has 2 aromatic carbocycles. The average Bonchev–Trinajstić information content (AvgIpc) is 3.62. The number of piperidine rings is 1. The Hall–Kier alpha value is -3.27. The number of amides is 1. The number of nitrogens with zero attached hydrogens (tertiary/aromatic N) is 4. The van der Waals surface area contributed by atoms with Gasteiger partial charge in [-0.05, 0) is 42.7 Å². The molecule has 0 radical (unpaired) electrons. The summed E-state index contributed by atoms with van der Waals surface area (Å²) in [6, 6.07) is 13.4. The van der Waals surface area contributed by atoms with Crippen LogP contribution >= 0.6 is 11.3 Å². The summed E-state index contributed by atoms with van der Waals surface area (Å²) in [5.74, 6) is 0.845. The molecule has 3 aliphatic rings. The highest BCUT2D eigenvalue weighted by molar-refractivity contribution is 7.17. The lowest BCUT2D eigenvalue weighted by molar-refractivity contribution is -0.137. The van der Waals surface area contributed by atoms with Crippen molar-refractivity contribution in [3.63, 3.8) is 0 Å². The molecule has 39 heavy (non-hydrogen) atoms. The molecule has 0 saturated carbocycles. The Kier molecular flexibility index (Phi) is 6.91. The standard InChI is InChI=1S/C29H31F3N4O2S/c30-29(31,32)22-7-5-6-21(18-22)20-36-17-12-28(38-24-9-2-1-8-23(24)36)10-15-35(16-11-28)27-33-19-25(39-27)26(37)34-13-3-4-14-34/h1-2,5-9,18-19H,3-4,10-17,20H2. The molecule has 10 heteroatoms. The van der Waals surface area contributed by atoms with E-state index < -0.39 is 11.7 Å². The molecular formula is C29H31F3N4O2S. The van der Waals surface area contributed by atoms with Gasteiger partial charge >= 0.3 is 6.18 Å². The van der Waals surface area contributed by atoms with Crippen molar-refractivity contribution in [2.75, 3.05) is 42.5 Å². The Bertz CT molecular complexity index is 1330. The highest BCUT2D eigenvalue weighted by Gasteiger charge is 2.40.